The molecule has 0 spiro atoms. The van der Waals surface area contributed by atoms with Gasteiger partial charge in [0.2, 0.25) is 0 Å². The monoisotopic (exact) mass is 408 g/mol. The molecule has 1 aliphatic heterocycles. The summed E-state index contributed by atoms with van der Waals surface area (Å²) in [6, 6.07) is 7.12. The van der Waals surface area contributed by atoms with Crippen LogP contribution >= 0.6 is 0 Å². The zero-order chi connectivity index (χ0) is 20.7. The minimum Gasteiger partial charge on any atom is -0.494 e. The molecule has 154 valence electrons. The minimum absolute atomic E-state index is 0.297. The second-order valence-electron chi connectivity index (χ2n) is 7.21. The van der Waals surface area contributed by atoms with Gasteiger partial charge >= 0.3 is 0 Å². The number of pyridine rings is 1. The second-order valence-corrected chi connectivity index (χ2v) is 7.21. The third-order valence-corrected chi connectivity index (χ3v) is 5.14. The number of aromatic nitrogens is 6. The van der Waals surface area contributed by atoms with Crippen LogP contribution in [0.4, 0.5) is 10.2 Å². The summed E-state index contributed by atoms with van der Waals surface area (Å²) in [5.41, 5.74) is 3.54. The van der Waals surface area contributed by atoms with Crippen LogP contribution in [0.3, 0.4) is 0 Å². The molecule has 1 saturated heterocycles. The maximum atomic E-state index is 13.9. The normalized spacial score (nSPS) is 18.8. The van der Waals surface area contributed by atoms with Crippen molar-refractivity contribution in [2.24, 2.45) is 7.05 Å². The molecule has 4 aromatic rings. The number of alkyl halides is 1. The third kappa shape index (κ3) is 3.24. The number of ether oxygens (including phenoxy) is 1. The number of fused-ring (bicyclic) bond motifs is 1. The highest BCUT2D eigenvalue weighted by atomic mass is 19.1. The van der Waals surface area contributed by atoms with Gasteiger partial charge in [-0.25, -0.2) is 18.9 Å². The van der Waals surface area contributed by atoms with Crippen LogP contribution in [0.15, 0.2) is 42.9 Å². The smallest absolute Gasteiger partial charge is 0.157 e. The van der Waals surface area contributed by atoms with E-state index in [0.29, 0.717) is 41.7 Å². The number of hydrogen-bond donors (Lipinski definition) is 2. The van der Waals surface area contributed by atoms with Gasteiger partial charge in [0, 0.05) is 38.0 Å². The lowest BCUT2D eigenvalue weighted by atomic mass is 10.2. The van der Waals surface area contributed by atoms with Gasteiger partial charge in [0.15, 0.2) is 11.4 Å². The summed E-state index contributed by atoms with van der Waals surface area (Å²) in [6.45, 7) is 0.923. The fourth-order valence-electron chi connectivity index (χ4n) is 3.61. The fraction of sp³-hybridized carbons (Fsp3) is 0.300. The Morgan fingerprint density at radius 1 is 1.27 bits per heavy atom. The van der Waals surface area contributed by atoms with E-state index in [1.54, 1.807) is 28.7 Å². The topological polar surface area (TPSA) is 94.2 Å². The van der Waals surface area contributed by atoms with Gasteiger partial charge in [0.1, 0.15) is 23.4 Å². The lowest BCUT2D eigenvalue weighted by Crippen LogP contribution is -2.29. The number of methoxy groups -OCH3 is 1. The van der Waals surface area contributed by atoms with Crippen molar-refractivity contribution in [2.75, 3.05) is 25.5 Å². The predicted octanol–water partition coefficient (Wildman–Crippen LogP) is 1.92. The molecule has 1 fully saturated rings. The second kappa shape index (κ2) is 7.38. The van der Waals surface area contributed by atoms with E-state index >= 15 is 0 Å². The number of halogens is 1. The number of aryl methyl sites for hydroxylation is 1. The molecule has 0 aromatic carbocycles. The lowest BCUT2D eigenvalue weighted by Gasteiger charge is -2.15. The van der Waals surface area contributed by atoms with Gasteiger partial charge in [-0.05, 0) is 12.1 Å². The molecule has 5 heterocycles. The maximum absolute atomic E-state index is 13.9. The van der Waals surface area contributed by atoms with Crippen molar-refractivity contribution >= 4 is 11.5 Å². The third-order valence-electron chi connectivity index (χ3n) is 5.14. The highest BCUT2D eigenvalue weighted by molar-refractivity contribution is 5.69. The van der Waals surface area contributed by atoms with Crippen LogP contribution in [0, 0.1) is 0 Å². The van der Waals surface area contributed by atoms with Crippen molar-refractivity contribution in [3.05, 3.63) is 42.9 Å². The summed E-state index contributed by atoms with van der Waals surface area (Å²) >= 11 is 0. The first kappa shape index (κ1) is 18.5. The molecule has 5 rings (SSSR count). The van der Waals surface area contributed by atoms with E-state index in [9.17, 15) is 4.39 Å². The molecule has 0 bridgehead atoms. The lowest BCUT2D eigenvalue weighted by molar-refractivity contribution is 0.342. The number of imidazole rings is 1. The van der Waals surface area contributed by atoms with Crippen LogP contribution in [-0.4, -0.2) is 61.8 Å². The van der Waals surface area contributed by atoms with Gasteiger partial charge in [-0.1, -0.05) is 6.07 Å². The van der Waals surface area contributed by atoms with E-state index in [2.05, 4.69) is 25.7 Å². The van der Waals surface area contributed by atoms with Gasteiger partial charge in [0.05, 0.1) is 31.2 Å². The quantitative estimate of drug-likeness (QED) is 0.521. The van der Waals surface area contributed by atoms with E-state index in [4.69, 9.17) is 9.84 Å². The molecule has 9 nitrogen and oxygen atoms in total. The van der Waals surface area contributed by atoms with Gasteiger partial charge in [-0.3, -0.25) is 4.68 Å². The summed E-state index contributed by atoms with van der Waals surface area (Å²) in [4.78, 5) is 9.12. The summed E-state index contributed by atoms with van der Waals surface area (Å²) in [6.07, 6.45) is 4.39. The Kier molecular flexibility index (Phi) is 4.55. The Hall–Kier alpha value is -3.53. The molecule has 2 N–H and O–H groups in total. The largest absolute Gasteiger partial charge is 0.494 e. The first-order chi connectivity index (χ1) is 14.6. The average Bonchev–Trinajstić information content (AvgIpc) is 3.47. The van der Waals surface area contributed by atoms with Crippen molar-refractivity contribution < 1.29 is 9.13 Å². The van der Waals surface area contributed by atoms with Crippen LogP contribution in [-0.2, 0) is 7.05 Å². The molecule has 4 aromatic heterocycles. The van der Waals surface area contributed by atoms with Crippen LogP contribution in [0.5, 0.6) is 5.75 Å². The van der Waals surface area contributed by atoms with Crippen LogP contribution in [0.25, 0.3) is 28.3 Å². The first-order valence-electron chi connectivity index (χ1n) is 9.63. The molecule has 1 aliphatic rings. The molecule has 0 unspecified atom stereocenters. The standard InChI is InChI=1S/C20H21FN8O/c1-28-11-12(7-24-28)20-17(30-2)6-19-23-10-16(29(19)27-20)14-4-3-5-18(25-14)26-15-9-22-8-13(15)21/h3-7,10-11,13,15,22H,8-9H2,1-2H3,(H,25,26)/t13-,15-/m0/s1. The van der Waals surface area contributed by atoms with E-state index < -0.39 is 6.17 Å². The van der Waals surface area contributed by atoms with Crippen molar-refractivity contribution in [3.8, 4) is 28.4 Å². The Bertz CT molecular complexity index is 1200. The summed E-state index contributed by atoms with van der Waals surface area (Å²) in [7, 11) is 3.45. The van der Waals surface area contributed by atoms with Gasteiger partial charge in [-0.15, -0.1) is 0 Å². The van der Waals surface area contributed by atoms with Crippen molar-refractivity contribution in [3.63, 3.8) is 0 Å². The van der Waals surface area contributed by atoms with Crippen LogP contribution in [0.2, 0.25) is 0 Å². The van der Waals surface area contributed by atoms with Gasteiger partial charge in [-0.2, -0.15) is 10.2 Å². The van der Waals surface area contributed by atoms with Crippen molar-refractivity contribution in [2.45, 2.75) is 12.2 Å². The van der Waals surface area contributed by atoms with Gasteiger partial charge in [0.25, 0.3) is 0 Å². The van der Waals surface area contributed by atoms with Crippen molar-refractivity contribution in [1.29, 1.82) is 0 Å². The molecule has 10 heteroatoms. The molecule has 0 amide bonds. The highest BCUT2D eigenvalue weighted by Gasteiger charge is 2.26. The highest BCUT2D eigenvalue weighted by Crippen LogP contribution is 2.30. The molecule has 0 aliphatic carbocycles. The summed E-state index contributed by atoms with van der Waals surface area (Å²) < 4.78 is 22.9. The molecular formula is C20H21FN8O. The molecular weight excluding hydrogens is 387 g/mol. The molecule has 0 radical (unpaired) electrons. The maximum Gasteiger partial charge on any atom is 0.157 e. The Labute approximate surface area is 171 Å². The first-order valence-corrected chi connectivity index (χ1v) is 9.63. The minimum atomic E-state index is -0.942. The zero-order valence-corrected chi connectivity index (χ0v) is 16.6. The molecule has 2 atom stereocenters. The predicted molar refractivity (Wildman–Crippen MR) is 110 cm³/mol. The van der Waals surface area contributed by atoms with Gasteiger partial charge < -0.3 is 15.4 Å². The Morgan fingerprint density at radius 3 is 2.90 bits per heavy atom. The van der Waals surface area contributed by atoms with E-state index in [0.717, 1.165) is 11.3 Å². The van der Waals surface area contributed by atoms with E-state index in [-0.39, 0.29) is 6.04 Å². The number of anilines is 1. The Morgan fingerprint density at radius 2 is 2.17 bits per heavy atom. The number of nitrogens with one attached hydrogen (secondary N) is 2. The average molecular weight is 408 g/mol. The van der Waals surface area contributed by atoms with E-state index in [1.807, 2.05) is 37.5 Å². The number of hydrogen-bond acceptors (Lipinski definition) is 7. The number of nitrogens with zero attached hydrogens (tertiary/aromatic N) is 6. The summed E-state index contributed by atoms with van der Waals surface area (Å²) in [5, 5.41) is 15.2. The fourth-order valence-corrected chi connectivity index (χ4v) is 3.61. The Balaban J connectivity index is 1.55. The molecule has 30 heavy (non-hydrogen) atoms. The van der Waals surface area contributed by atoms with Crippen LogP contribution < -0.4 is 15.4 Å². The molecule has 0 saturated carbocycles. The van der Waals surface area contributed by atoms with E-state index in [1.165, 1.54) is 0 Å². The zero-order valence-electron chi connectivity index (χ0n) is 16.6. The number of rotatable bonds is 5. The SMILES string of the molecule is COc1cc2ncc(-c3cccc(N[C@H]4CNC[C@@H]4F)n3)n2nc1-c1cnn(C)c1. The van der Waals surface area contributed by atoms with Crippen molar-refractivity contribution in [1.82, 2.24) is 34.7 Å². The summed E-state index contributed by atoms with van der Waals surface area (Å²) in [5.74, 6) is 1.22. The van der Waals surface area contributed by atoms with Crippen LogP contribution in [0.1, 0.15) is 0 Å².